The molecule has 7 nitrogen and oxygen atoms in total. The van der Waals surface area contributed by atoms with Crippen molar-refractivity contribution in [2.75, 3.05) is 6.61 Å². The van der Waals surface area contributed by atoms with Crippen LogP contribution in [0.1, 0.15) is 32.3 Å². The van der Waals surface area contributed by atoms with Gasteiger partial charge in [0.2, 0.25) is 6.29 Å². The lowest BCUT2D eigenvalue weighted by Crippen LogP contribution is -2.58. The van der Waals surface area contributed by atoms with Gasteiger partial charge >= 0.3 is 5.97 Å². The summed E-state index contributed by atoms with van der Waals surface area (Å²) < 4.78 is 22.4. The molecule has 3 rings (SSSR count). The van der Waals surface area contributed by atoms with Gasteiger partial charge in [0, 0.05) is 6.42 Å². The van der Waals surface area contributed by atoms with Crippen LogP contribution >= 0.6 is 0 Å². The van der Waals surface area contributed by atoms with Crippen molar-refractivity contribution in [3.8, 4) is 0 Å². The van der Waals surface area contributed by atoms with E-state index in [1.807, 2.05) is 30.3 Å². The first-order chi connectivity index (χ1) is 12.4. The minimum Gasteiger partial charge on any atom is -0.433 e. The van der Waals surface area contributed by atoms with Gasteiger partial charge in [-0.2, -0.15) is 0 Å². The number of aliphatic hydroxyl groups is 2. The van der Waals surface area contributed by atoms with E-state index in [1.54, 1.807) is 13.8 Å². The third-order valence-corrected chi connectivity index (χ3v) is 4.58. The Morgan fingerprint density at radius 2 is 1.88 bits per heavy atom. The molecule has 0 unspecified atom stereocenters. The summed E-state index contributed by atoms with van der Waals surface area (Å²) in [4.78, 5) is 12.2. The fourth-order valence-electron chi connectivity index (χ4n) is 3.35. The largest absolute Gasteiger partial charge is 0.433 e. The summed E-state index contributed by atoms with van der Waals surface area (Å²) >= 11 is 0. The third-order valence-electron chi connectivity index (χ3n) is 4.58. The number of fused-ring (bicyclic) bond motifs is 1. The zero-order chi connectivity index (χ0) is 18.7. The average molecular weight is 366 g/mol. The molecule has 0 bridgehead atoms. The summed E-state index contributed by atoms with van der Waals surface area (Å²) in [5.74, 6) is -1.34. The van der Waals surface area contributed by atoms with E-state index in [0.717, 1.165) is 12.0 Å². The fourth-order valence-corrected chi connectivity index (χ4v) is 3.35. The van der Waals surface area contributed by atoms with Gasteiger partial charge in [0.15, 0.2) is 11.9 Å². The number of hydrogen-bond donors (Lipinski definition) is 2. The summed E-state index contributed by atoms with van der Waals surface area (Å²) in [6.07, 6.45) is -2.76. The molecule has 144 valence electrons. The molecule has 2 fully saturated rings. The van der Waals surface area contributed by atoms with Crippen molar-refractivity contribution in [1.29, 1.82) is 0 Å². The lowest BCUT2D eigenvalue weighted by atomic mass is 9.99. The molecular formula is C19H26O7. The Labute approximate surface area is 152 Å². The molecule has 0 aliphatic carbocycles. The van der Waals surface area contributed by atoms with E-state index in [1.165, 1.54) is 0 Å². The number of ether oxygens (including phenoxy) is 4. The van der Waals surface area contributed by atoms with Crippen molar-refractivity contribution < 1.29 is 34.0 Å². The predicted molar refractivity (Wildman–Crippen MR) is 91.1 cm³/mol. The number of aliphatic hydroxyl groups excluding tert-OH is 2. The van der Waals surface area contributed by atoms with Gasteiger partial charge < -0.3 is 29.2 Å². The highest BCUT2D eigenvalue weighted by Gasteiger charge is 2.56. The molecule has 0 saturated carbocycles. The first-order valence-corrected chi connectivity index (χ1v) is 8.93. The first-order valence-electron chi connectivity index (χ1n) is 8.93. The Hall–Kier alpha value is -1.51. The molecular weight excluding hydrogens is 340 g/mol. The molecule has 0 radical (unpaired) electrons. The van der Waals surface area contributed by atoms with Gasteiger partial charge in [-0.25, -0.2) is 0 Å². The van der Waals surface area contributed by atoms with Gasteiger partial charge in [0.05, 0.1) is 6.61 Å². The van der Waals surface area contributed by atoms with Crippen LogP contribution in [0.2, 0.25) is 0 Å². The lowest BCUT2D eigenvalue weighted by Gasteiger charge is -2.38. The van der Waals surface area contributed by atoms with Crippen molar-refractivity contribution in [1.82, 2.24) is 0 Å². The zero-order valence-electron chi connectivity index (χ0n) is 15.0. The number of aryl methyl sites for hydroxylation is 1. The molecule has 0 spiro atoms. The molecule has 2 N–H and O–H groups in total. The van der Waals surface area contributed by atoms with E-state index >= 15 is 0 Å². The Balaban J connectivity index is 1.56. The second-order valence-corrected chi connectivity index (χ2v) is 7.11. The van der Waals surface area contributed by atoms with E-state index in [4.69, 9.17) is 18.9 Å². The van der Waals surface area contributed by atoms with Crippen LogP contribution in [-0.4, -0.2) is 59.3 Å². The van der Waals surface area contributed by atoms with Gasteiger partial charge in [-0.15, -0.1) is 0 Å². The van der Waals surface area contributed by atoms with Crippen LogP contribution in [0.25, 0.3) is 0 Å². The summed E-state index contributed by atoms with van der Waals surface area (Å²) in [5, 5.41) is 19.7. The monoisotopic (exact) mass is 366 g/mol. The molecule has 1 aromatic rings. The predicted octanol–water partition coefficient (Wildman–Crippen LogP) is 1.15. The zero-order valence-corrected chi connectivity index (χ0v) is 15.0. The van der Waals surface area contributed by atoms with Crippen molar-refractivity contribution in [2.24, 2.45) is 0 Å². The SMILES string of the molecule is CC1(C)O[C@@H]2[C@@H](OC(=O)CCCc3ccccc3)O[C@H](CO)[C@@H](O)[C@@H]2O1. The van der Waals surface area contributed by atoms with Crippen LogP contribution in [0.4, 0.5) is 0 Å². The molecule has 2 heterocycles. The molecule has 0 aromatic heterocycles. The number of benzene rings is 1. The van der Waals surface area contributed by atoms with Gasteiger partial charge in [-0.3, -0.25) is 4.79 Å². The summed E-state index contributed by atoms with van der Waals surface area (Å²) in [7, 11) is 0. The Morgan fingerprint density at radius 3 is 2.58 bits per heavy atom. The highest BCUT2D eigenvalue weighted by molar-refractivity contribution is 5.69. The van der Waals surface area contributed by atoms with E-state index < -0.39 is 49.1 Å². The molecule has 1 aromatic carbocycles. The van der Waals surface area contributed by atoms with Crippen LogP contribution in [0.15, 0.2) is 30.3 Å². The van der Waals surface area contributed by atoms with E-state index in [-0.39, 0.29) is 6.42 Å². The van der Waals surface area contributed by atoms with Gasteiger partial charge in [-0.05, 0) is 32.3 Å². The molecule has 26 heavy (non-hydrogen) atoms. The van der Waals surface area contributed by atoms with Crippen molar-refractivity contribution in [3.05, 3.63) is 35.9 Å². The minimum absolute atomic E-state index is 0.239. The van der Waals surface area contributed by atoms with E-state index in [2.05, 4.69) is 0 Å². The molecule has 7 heteroatoms. The number of carbonyl (C=O) groups is 1. The molecule has 2 aliphatic rings. The summed E-state index contributed by atoms with van der Waals surface area (Å²) in [5.41, 5.74) is 1.16. The van der Waals surface area contributed by atoms with Crippen LogP contribution in [-0.2, 0) is 30.2 Å². The number of hydrogen-bond acceptors (Lipinski definition) is 7. The van der Waals surface area contributed by atoms with Crippen LogP contribution < -0.4 is 0 Å². The van der Waals surface area contributed by atoms with Gasteiger partial charge in [-0.1, -0.05) is 30.3 Å². The molecule has 5 atom stereocenters. The summed E-state index contributed by atoms with van der Waals surface area (Å²) in [6, 6.07) is 9.90. The van der Waals surface area contributed by atoms with Gasteiger partial charge in [0.1, 0.15) is 18.3 Å². The maximum absolute atomic E-state index is 12.2. The number of rotatable bonds is 6. The molecule has 0 amide bonds. The maximum Gasteiger partial charge on any atom is 0.308 e. The normalized spacial score (nSPS) is 32.8. The van der Waals surface area contributed by atoms with Crippen molar-refractivity contribution in [2.45, 2.75) is 69.6 Å². The first kappa shape index (κ1) is 19.3. The highest BCUT2D eigenvalue weighted by atomic mass is 16.8. The van der Waals surface area contributed by atoms with E-state index in [0.29, 0.717) is 6.42 Å². The van der Waals surface area contributed by atoms with Gasteiger partial charge in [0.25, 0.3) is 0 Å². The quantitative estimate of drug-likeness (QED) is 0.729. The van der Waals surface area contributed by atoms with Crippen molar-refractivity contribution in [3.63, 3.8) is 0 Å². The molecule has 2 saturated heterocycles. The Bertz CT molecular complexity index is 603. The number of carbonyl (C=O) groups excluding carboxylic acids is 1. The second-order valence-electron chi connectivity index (χ2n) is 7.11. The topological polar surface area (TPSA) is 94.5 Å². The maximum atomic E-state index is 12.2. The highest BCUT2D eigenvalue weighted by Crippen LogP contribution is 2.37. The number of esters is 1. The summed E-state index contributed by atoms with van der Waals surface area (Å²) in [6.45, 7) is 3.02. The van der Waals surface area contributed by atoms with E-state index in [9.17, 15) is 15.0 Å². The second kappa shape index (κ2) is 8.02. The third kappa shape index (κ3) is 4.42. The fraction of sp³-hybridized carbons (Fsp3) is 0.632. The lowest BCUT2D eigenvalue weighted by molar-refractivity contribution is -0.272. The Kier molecular flexibility index (Phi) is 5.94. The minimum atomic E-state index is -1.06. The van der Waals surface area contributed by atoms with Crippen LogP contribution in [0.5, 0.6) is 0 Å². The molecule has 2 aliphatic heterocycles. The Morgan fingerprint density at radius 1 is 1.19 bits per heavy atom. The average Bonchev–Trinajstić information content (AvgIpc) is 2.94. The van der Waals surface area contributed by atoms with Crippen LogP contribution in [0, 0.1) is 0 Å². The van der Waals surface area contributed by atoms with Crippen molar-refractivity contribution >= 4 is 5.97 Å². The standard InChI is InChI=1S/C19H26O7/c1-19(2)25-16-15(22)13(11-20)23-18(17(16)26-19)24-14(21)10-6-9-12-7-4-3-5-8-12/h3-5,7-8,13,15-18,20,22H,6,9-11H2,1-2H3/t13-,15-,16+,17+,18-/m1/s1. The smallest absolute Gasteiger partial charge is 0.308 e. The van der Waals surface area contributed by atoms with Crippen LogP contribution in [0.3, 0.4) is 0 Å².